The summed E-state index contributed by atoms with van der Waals surface area (Å²) in [6.45, 7) is 3.94. The number of hydrogen-bond donors (Lipinski definition) is 1. The minimum absolute atomic E-state index is 0.0804. The fourth-order valence-corrected chi connectivity index (χ4v) is 1.84. The highest BCUT2D eigenvalue weighted by Crippen LogP contribution is 2.34. The summed E-state index contributed by atoms with van der Waals surface area (Å²) in [5, 5.41) is 0. The van der Waals surface area contributed by atoms with Crippen molar-refractivity contribution in [2.45, 2.75) is 20.0 Å². The Balaban J connectivity index is 2.45. The molecule has 4 nitrogen and oxygen atoms in total. The van der Waals surface area contributed by atoms with E-state index in [4.69, 9.17) is 15.2 Å². The number of nitrogens with zero attached hydrogens (tertiary/aromatic N) is 1. The van der Waals surface area contributed by atoms with E-state index in [9.17, 15) is 0 Å². The van der Waals surface area contributed by atoms with Gasteiger partial charge in [-0.05, 0) is 37.6 Å². The van der Waals surface area contributed by atoms with Gasteiger partial charge in [0.2, 0.25) is 0 Å². The molecule has 0 aliphatic heterocycles. The first kappa shape index (κ1) is 13.2. The van der Waals surface area contributed by atoms with Gasteiger partial charge in [-0.3, -0.25) is 4.98 Å². The highest BCUT2D eigenvalue weighted by atomic mass is 16.5. The molecule has 0 atom stereocenters. The van der Waals surface area contributed by atoms with Crippen LogP contribution in [0.15, 0.2) is 36.7 Å². The van der Waals surface area contributed by atoms with Crippen LogP contribution in [0.4, 0.5) is 5.69 Å². The average molecular weight is 258 g/mol. The van der Waals surface area contributed by atoms with Gasteiger partial charge in [-0.15, -0.1) is 0 Å². The zero-order valence-corrected chi connectivity index (χ0v) is 11.4. The second-order valence-corrected chi connectivity index (χ2v) is 4.50. The number of methoxy groups -OCH3 is 1. The van der Waals surface area contributed by atoms with Gasteiger partial charge in [0, 0.05) is 11.8 Å². The number of rotatable bonds is 4. The highest BCUT2D eigenvalue weighted by molar-refractivity contribution is 5.74. The van der Waals surface area contributed by atoms with E-state index in [0.29, 0.717) is 11.4 Å². The van der Waals surface area contributed by atoms with Gasteiger partial charge in [0.25, 0.3) is 0 Å². The summed E-state index contributed by atoms with van der Waals surface area (Å²) in [6.07, 6.45) is 3.50. The highest BCUT2D eigenvalue weighted by Gasteiger charge is 2.09. The van der Waals surface area contributed by atoms with Crippen molar-refractivity contribution in [3.05, 3.63) is 36.7 Å². The zero-order chi connectivity index (χ0) is 13.8. The number of ether oxygens (including phenoxy) is 2. The number of nitrogens with two attached hydrogens (primary N) is 1. The van der Waals surface area contributed by atoms with Crippen LogP contribution in [0.3, 0.4) is 0 Å². The molecule has 4 heteroatoms. The third-order valence-electron chi connectivity index (χ3n) is 2.69. The molecule has 0 unspecified atom stereocenters. The Kier molecular flexibility index (Phi) is 3.90. The Morgan fingerprint density at radius 1 is 1.16 bits per heavy atom. The quantitative estimate of drug-likeness (QED) is 0.856. The maximum absolute atomic E-state index is 5.92. The fourth-order valence-electron chi connectivity index (χ4n) is 1.84. The van der Waals surface area contributed by atoms with Gasteiger partial charge in [0.15, 0.2) is 0 Å². The Bertz CT molecular complexity index is 568. The average Bonchev–Trinajstić information content (AvgIpc) is 2.41. The molecule has 100 valence electrons. The minimum atomic E-state index is 0.0804. The molecule has 0 fully saturated rings. The summed E-state index contributed by atoms with van der Waals surface area (Å²) in [5.74, 6) is 1.41. The Labute approximate surface area is 113 Å². The maximum atomic E-state index is 5.92. The molecule has 2 rings (SSSR count). The predicted octanol–water partition coefficient (Wildman–Crippen LogP) is 3.13. The normalized spacial score (nSPS) is 10.5. The van der Waals surface area contributed by atoms with Gasteiger partial charge >= 0.3 is 0 Å². The first-order chi connectivity index (χ1) is 9.11. The van der Waals surface area contributed by atoms with E-state index in [2.05, 4.69) is 4.98 Å². The third kappa shape index (κ3) is 2.96. The minimum Gasteiger partial charge on any atom is -0.494 e. The molecule has 0 aliphatic rings. The molecule has 0 amide bonds. The Morgan fingerprint density at radius 3 is 2.63 bits per heavy atom. The van der Waals surface area contributed by atoms with Crippen molar-refractivity contribution in [1.82, 2.24) is 4.98 Å². The van der Waals surface area contributed by atoms with Gasteiger partial charge in [0.1, 0.15) is 11.5 Å². The van der Waals surface area contributed by atoms with Crippen LogP contribution in [-0.4, -0.2) is 18.2 Å². The molecule has 1 heterocycles. The van der Waals surface area contributed by atoms with E-state index >= 15 is 0 Å². The monoisotopic (exact) mass is 258 g/mol. The molecule has 0 radical (unpaired) electrons. The second kappa shape index (κ2) is 5.61. The van der Waals surface area contributed by atoms with Gasteiger partial charge in [-0.25, -0.2) is 0 Å². The van der Waals surface area contributed by atoms with Gasteiger partial charge in [0.05, 0.1) is 25.1 Å². The first-order valence-electron chi connectivity index (χ1n) is 6.16. The van der Waals surface area contributed by atoms with Crippen LogP contribution in [0.25, 0.3) is 11.1 Å². The molecule has 0 bridgehead atoms. The zero-order valence-electron chi connectivity index (χ0n) is 11.4. The number of anilines is 1. The Hall–Kier alpha value is -2.23. The lowest BCUT2D eigenvalue weighted by Crippen LogP contribution is -2.07. The van der Waals surface area contributed by atoms with Crippen molar-refractivity contribution in [2.75, 3.05) is 12.8 Å². The fraction of sp³-hybridized carbons (Fsp3) is 0.267. The van der Waals surface area contributed by atoms with Gasteiger partial charge < -0.3 is 15.2 Å². The summed E-state index contributed by atoms with van der Waals surface area (Å²) in [7, 11) is 1.63. The van der Waals surface area contributed by atoms with Crippen LogP contribution in [0.2, 0.25) is 0 Å². The summed E-state index contributed by atoms with van der Waals surface area (Å²) < 4.78 is 11.0. The van der Waals surface area contributed by atoms with Crippen LogP contribution in [0.1, 0.15) is 13.8 Å². The molecule has 0 saturated heterocycles. The van der Waals surface area contributed by atoms with Crippen LogP contribution in [-0.2, 0) is 0 Å². The standard InChI is InChI=1S/C15H18N2O2/c1-10(2)19-14-8-11(4-5-13(14)16)12-6-7-17-9-15(12)18-3/h4-10H,16H2,1-3H3. The number of benzene rings is 1. The molecule has 1 aromatic heterocycles. The summed E-state index contributed by atoms with van der Waals surface area (Å²) in [6, 6.07) is 7.62. The smallest absolute Gasteiger partial charge is 0.144 e. The molecule has 1 aromatic carbocycles. The molecule has 0 spiro atoms. The molecule has 0 aliphatic carbocycles. The third-order valence-corrected chi connectivity index (χ3v) is 2.69. The number of nitrogen functional groups attached to an aromatic ring is 1. The first-order valence-corrected chi connectivity index (χ1v) is 6.16. The van der Waals surface area contributed by atoms with Crippen molar-refractivity contribution in [3.63, 3.8) is 0 Å². The lowest BCUT2D eigenvalue weighted by atomic mass is 10.1. The number of aromatic nitrogens is 1. The summed E-state index contributed by atoms with van der Waals surface area (Å²) >= 11 is 0. The van der Waals surface area contributed by atoms with E-state index in [1.54, 1.807) is 19.5 Å². The number of pyridine rings is 1. The molecule has 2 N–H and O–H groups in total. The number of hydrogen-bond acceptors (Lipinski definition) is 4. The lowest BCUT2D eigenvalue weighted by Gasteiger charge is -2.14. The lowest BCUT2D eigenvalue weighted by molar-refractivity contribution is 0.244. The Morgan fingerprint density at radius 2 is 1.95 bits per heavy atom. The van der Waals surface area contributed by atoms with Crippen molar-refractivity contribution >= 4 is 5.69 Å². The van der Waals surface area contributed by atoms with Gasteiger partial charge in [-0.1, -0.05) is 6.07 Å². The van der Waals surface area contributed by atoms with Crippen molar-refractivity contribution in [3.8, 4) is 22.6 Å². The second-order valence-electron chi connectivity index (χ2n) is 4.50. The maximum Gasteiger partial charge on any atom is 0.144 e. The van der Waals surface area contributed by atoms with Crippen LogP contribution < -0.4 is 15.2 Å². The molecular weight excluding hydrogens is 240 g/mol. The molecular formula is C15H18N2O2. The summed E-state index contributed by atoms with van der Waals surface area (Å²) in [4.78, 5) is 4.05. The van der Waals surface area contributed by atoms with E-state index < -0.39 is 0 Å². The van der Waals surface area contributed by atoms with E-state index in [-0.39, 0.29) is 6.10 Å². The van der Waals surface area contributed by atoms with E-state index in [1.807, 2.05) is 38.1 Å². The van der Waals surface area contributed by atoms with Crippen LogP contribution >= 0.6 is 0 Å². The van der Waals surface area contributed by atoms with E-state index in [0.717, 1.165) is 16.9 Å². The molecule has 19 heavy (non-hydrogen) atoms. The van der Waals surface area contributed by atoms with Crippen molar-refractivity contribution in [1.29, 1.82) is 0 Å². The van der Waals surface area contributed by atoms with Crippen LogP contribution in [0.5, 0.6) is 11.5 Å². The SMILES string of the molecule is COc1cnccc1-c1ccc(N)c(OC(C)C)c1. The van der Waals surface area contributed by atoms with Crippen molar-refractivity contribution in [2.24, 2.45) is 0 Å². The molecule has 2 aromatic rings. The van der Waals surface area contributed by atoms with E-state index in [1.165, 1.54) is 0 Å². The van der Waals surface area contributed by atoms with Crippen molar-refractivity contribution < 1.29 is 9.47 Å². The van der Waals surface area contributed by atoms with Crippen LogP contribution in [0, 0.1) is 0 Å². The largest absolute Gasteiger partial charge is 0.494 e. The topological polar surface area (TPSA) is 57.4 Å². The summed E-state index contributed by atoms with van der Waals surface area (Å²) in [5.41, 5.74) is 8.50. The molecule has 0 saturated carbocycles. The predicted molar refractivity (Wildman–Crippen MR) is 76.4 cm³/mol. The van der Waals surface area contributed by atoms with Gasteiger partial charge in [-0.2, -0.15) is 0 Å².